The number of aryl methyl sites for hydroxylation is 2. The summed E-state index contributed by atoms with van der Waals surface area (Å²) < 4.78 is 6.42. The molecule has 4 rings (SSSR count). The molecule has 0 aliphatic carbocycles. The van der Waals surface area contributed by atoms with E-state index in [9.17, 15) is 14.4 Å². The molecule has 9 nitrogen and oxygen atoms in total. The van der Waals surface area contributed by atoms with Crippen molar-refractivity contribution in [2.75, 3.05) is 19.0 Å². The zero-order valence-corrected chi connectivity index (χ0v) is 17.7. The summed E-state index contributed by atoms with van der Waals surface area (Å²) in [5.74, 6) is -0.314. The molecule has 1 aliphatic heterocycles. The van der Waals surface area contributed by atoms with Gasteiger partial charge in [0, 0.05) is 36.3 Å². The number of hydrogen-bond donors (Lipinski definition) is 1. The zero-order chi connectivity index (χ0) is 21.4. The highest BCUT2D eigenvalue weighted by molar-refractivity contribution is 7.15. The molecule has 1 N–H and O–H groups in total. The second-order valence-corrected chi connectivity index (χ2v) is 8.05. The number of hydrogen-bond acceptors (Lipinski definition) is 7. The third kappa shape index (κ3) is 3.54. The van der Waals surface area contributed by atoms with Gasteiger partial charge in [-0.15, -0.1) is 0 Å². The van der Waals surface area contributed by atoms with Crippen molar-refractivity contribution in [3.63, 3.8) is 0 Å². The van der Waals surface area contributed by atoms with Crippen molar-refractivity contribution in [2.24, 2.45) is 0 Å². The Hall–Kier alpha value is -3.27. The van der Waals surface area contributed by atoms with E-state index in [0.717, 1.165) is 16.3 Å². The van der Waals surface area contributed by atoms with Crippen molar-refractivity contribution in [3.8, 4) is 0 Å². The maximum Gasteiger partial charge on any atom is 0.413 e. The Morgan fingerprint density at radius 1 is 1.30 bits per heavy atom. The summed E-state index contributed by atoms with van der Waals surface area (Å²) in [5.41, 5.74) is 2.07. The van der Waals surface area contributed by atoms with Crippen LogP contribution < -0.4 is 10.7 Å². The number of rotatable bonds is 3. The molecule has 4 heterocycles. The van der Waals surface area contributed by atoms with Crippen LogP contribution in [0, 0.1) is 6.92 Å². The minimum atomic E-state index is -0.589. The van der Waals surface area contributed by atoms with Crippen LogP contribution in [0.5, 0.6) is 0 Å². The number of ether oxygens (including phenoxy) is 1. The summed E-state index contributed by atoms with van der Waals surface area (Å²) in [5, 5.41) is 3.43. The quantitative estimate of drug-likeness (QED) is 0.689. The van der Waals surface area contributed by atoms with Crippen LogP contribution >= 0.6 is 11.3 Å². The van der Waals surface area contributed by atoms with E-state index >= 15 is 0 Å². The van der Waals surface area contributed by atoms with E-state index in [2.05, 4.69) is 20.0 Å². The van der Waals surface area contributed by atoms with Gasteiger partial charge >= 0.3 is 6.09 Å². The normalized spacial score (nSPS) is 13.2. The van der Waals surface area contributed by atoms with Crippen LogP contribution in [0.2, 0.25) is 0 Å². The molecule has 0 saturated heterocycles. The number of pyridine rings is 2. The van der Waals surface area contributed by atoms with Gasteiger partial charge in [0.2, 0.25) is 5.43 Å². The van der Waals surface area contributed by atoms with Gasteiger partial charge in [-0.05, 0) is 26.0 Å². The highest BCUT2D eigenvalue weighted by Crippen LogP contribution is 2.29. The Balaban J connectivity index is 1.65. The highest BCUT2D eigenvalue weighted by Gasteiger charge is 2.27. The molecule has 10 heteroatoms. The molecule has 2 amide bonds. The maximum absolute atomic E-state index is 13.2. The Kier molecular flexibility index (Phi) is 5.25. The first-order valence-electron chi connectivity index (χ1n) is 9.55. The fourth-order valence-corrected chi connectivity index (χ4v) is 4.49. The standard InChI is InChI=1S/C20H21N5O4S/c1-4-24-9-13(16(26)12-6-5-11(2)21-17(12)24)18(27)25-8-7-14-15(10-25)30-19(22-14)23-20(28)29-3/h5-6,9H,4,7-8,10H2,1-3H3,(H,22,23,28). The summed E-state index contributed by atoms with van der Waals surface area (Å²) in [7, 11) is 1.28. The van der Waals surface area contributed by atoms with Crippen LogP contribution in [0.15, 0.2) is 23.1 Å². The Morgan fingerprint density at radius 3 is 2.83 bits per heavy atom. The van der Waals surface area contributed by atoms with Crippen LogP contribution in [0.1, 0.15) is 33.5 Å². The predicted molar refractivity (Wildman–Crippen MR) is 113 cm³/mol. The molecule has 30 heavy (non-hydrogen) atoms. The molecule has 0 saturated carbocycles. The van der Waals surface area contributed by atoms with E-state index in [1.807, 2.05) is 18.4 Å². The van der Waals surface area contributed by atoms with E-state index in [1.54, 1.807) is 23.2 Å². The number of methoxy groups -OCH3 is 1. The average Bonchev–Trinajstić information content (AvgIpc) is 3.14. The second kappa shape index (κ2) is 7.86. The van der Waals surface area contributed by atoms with Gasteiger partial charge in [0.25, 0.3) is 5.91 Å². The fourth-order valence-electron chi connectivity index (χ4n) is 3.48. The van der Waals surface area contributed by atoms with Crippen molar-refractivity contribution in [2.45, 2.75) is 33.4 Å². The van der Waals surface area contributed by atoms with Gasteiger partial charge < -0.3 is 14.2 Å². The molecule has 0 aromatic carbocycles. The van der Waals surface area contributed by atoms with Crippen molar-refractivity contribution in [3.05, 3.63) is 50.4 Å². The van der Waals surface area contributed by atoms with Gasteiger partial charge in [-0.2, -0.15) is 0 Å². The molecule has 0 spiro atoms. The van der Waals surface area contributed by atoms with Crippen LogP contribution in [-0.2, 0) is 24.2 Å². The molecular formula is C20H21N5O4S. The molecule has 1 aliphatic rings. The molecule has 0 unspecified atom stereocenters. The lowest BCUT2D eigenvalue weighted by atomic mass is 10.1. The largest absolute Gasteiger partial charge is 0.453 e. The van der Waals surface area contributed by atoms with Crippen molar-refractivity contribution in [1.82, 2.24) is 19.4 Å². The Morgan fingerprint density at radius 2 is 2.10 bits per heavy atom. The summed E-state index contributed by atoms with van der Waals surface area (Å²) >= 11 is 1.30. The molecule has 3 aromatic rings. The number of anilines is 1. The SMILES string of the molecule is CCn1cc(C(=O)N2CCc3nc(NC(=O)OC)sc3C2)c(=O)c2ccc(C)nc21. The number of nitrogens with zero attached hydrogens (tertiary/aromatic N) is 4. The van der Waals surface area contributed by atoms with Crippen LogP contribution in [-0.4, -0.2) is 45.1 Å². The number of carbonyl (C=O) groups excluding carboxylic acids is 2. The summed E-state index contributed by atoms with van der Waals surface area (Å²) in [6.07, 6.45) is 1.57. The third-order valence-corrected chi connectivity index (χ3v) is 6.04. The van der Waals surface area contributed by atoms with E-state index in [-0.39, 0.29) is 16.9 Å². The number of carbonyl (C=O) groups is 2. The summed E-state index contributed by atoms with van der Waals surface area (Å²) in [4.78, 5) is 49.0. The van der Waals surface area contributed by atoms with Crippen LogP contribution in [0.25, 0.3) is 11.0 Å². The van der Waals surface area contributed by atoms with Crippen LogP contribution in [0.4, 0.5) is 9.93 Å². The van der Waals surface area contributed by atoms with E-state index in [0.29, 0.717) is 42.2 Å². The van der Waals surface area contributed by atoms with Gasteiger partial charge in [0.05, 0.1) is 24.7 Å². The topological polar surface area (TPSA) is 106 Å². The van der Waals surface area contributed by atoms with Crippen LogP contribution in [0.3, 0.4) is 0 Å². The first kappa shape index (κ1) is 20.0. The van der Waals surface area contributed by atoms with Gasteiger partial charge in [0.15, 0.2) is 5.13 Å². The number of thiazole rings is 1. The molecule has 3 aromatic heterocycles. The minimum Gasteiger partial charge on any atom is -0.453 e. The molecule has 0 radical (unpaired) electrons. The number of fused-ring (bicyclic) bond motifs is 2. The number of amides is 2. The lowest BCUT2D eigenvalue weighted by molar-refractivity contribution is 0.0734. The Bertz CT molecular complexity index is 1220. The maximum atomic E-state index is 13.2. The fraction of sp³-hybridized carbons (Fsp3) is 0.350. The second-order valence-electron chi connectivity index (χ2n) is 6.96. The molecule has 0 atom stereocenters. The Labute approximate surface area is 176 Å². The smallest absolute Gasteiger partial charge is 0.413 e. The van der Waals surface area contributed by atoms with E-state index in [1.165, 1.54) is 18.4 Å². The first-order chi connectivity index (χ1) is 14.4. The van der Waals surface area contributed by atoms with Gasteiger partial charge in [-0.1, -0.05) is 11.3 Å². The van der Waals surface area contributed by atoms with Crippen molar-refractivity contribution < 1.29 is 14.3 Å². The third-order valence-electron chi connectivity index (χ3n) is 5.04. The first-order valence-corrected chi connectivity index (χ1v) is 10.4. The summed E-state index contributed by atoms with van der Waals surface area (Å²) in [6, 6.07) is 3.50. The van der Waals surface area contributed by atoms with E-state index in [4.69, 9.17) is 0 Å². The lowest BCUT2D eigenvalue weighted by Crippen LogP contribution is -2.38. The molecule has 0 bridgehead atoms. The zero-order valence-electron chi connectivity index (χ0n) is 16.9. The van der Waals surface area contributed by atoms with Gasteiger partial charge in [-0.25, -0.2) is 14.8 Å². The number of nitrogens with one attached hydrogen (secondary N) is 1. The molecule has 156 valence electrons. The van der Waals surface area contributed by atoms with Crippen molar-refractivity contribution in [1.29, 1.82) is 0 Å². The predicted octanol–water partition coefficient (Wildman–Crippen LogP) is 2.56. The van der Waals surface area contributed by atoms with E-state index < -0.39 is 6.09 Å². The average molecular weight is 427 g/mol. The molecular weight excluding hydrogens is 406 g/mol. The summed E-state index contributed by atoms with van der Waals surface area (Å²) in [6.45, 7) is 5.19. The molecule has 0 fully saturated rings. The monoisotopic (exact) mass is 427 g/mol. The van der Waals surface area contributed by atoms with Gasteiger partial charge in [0.1, 0.15) is 11.2 Å². The van der Waals surface area contributed by atoms with Crippen molar-refractivity contribution >= 4 is 39.5 Å². The lowest BCUT2D eigenvalue weighted by Gasteiger charge is -2.26. The minimum absolute atomic E-state index is 0.135. The number of aromatic nitrogens is 3. The van der Waals surface area contributed by atoms with Gasteiger partial charge in [-0.3, -0.25) is 14.9 Å². The highest BCUT2D eigenvalue weighted by atomic mass is 32.1.